The fourth-order valence-corrected chi connectivity index (χ4v) is 2.00. The third kappa shape index (κ3) is 7.80. The van der Waals surface area contributed by atoms with Gasteiger partial charge in [-0.3, -0.25) is 0 Å². The second-order valence-electron chi connectivity index (χ2n) is 4.32. The summed E-state index contributed by atoms with van der Waals surface area (Å²) in [7, 11) is 1.95. The fraction of sp³-hybridized carbons (Fsp3) is 0.333. The van der Waals surface area contributed by atoms with Crippen molar-refractivity contribution in [3.63, 3.8) is 0 Å². The molecule has 1 N–H and O–H groups in total. The van der Waals surface area contributed by atoms with E-state index >= 15 is 0 Å². The molecule has 2 aromatic carbocycles. The summed E-state index contributed by atoms with van der Waals surface area (Å²) in [5.74, 6) is 0. The van der Waals surface area contributed by atoms with Crippen LogP contribution >= 0.6 is 0 Å². The van der Waals surface area contributed by atoms with E-state index in [1.165, 1.54) is 16.7 Å². The van der Waals surface area contributed by atoms with Crippen LogP contribution in [-0.4, -0.2) is 7.05 Å². The minimum Gasteiger partial charge on any atom is -0.316 e. The molecule has 1 aliphatic rings. The maximum absolute atomic E-state index is 3.08. The molecular weight excluding hydrogens is 266 g/mol. The summed E-state index contributed by atoms with van der Waals surface area (Å²) in [5, 5.41) is 3.08. The van der Waals surface area contributed by atoms with Crippen LogP contribution in [-0.2, 0) is 13.0 Å². The molecule has 0 spiro atoms. The highest BCUT2D eigenvalue weighted by atomic mass is 14.8. The second-order valence-corrected chi connectivity index (χ2v) is 4.32. The van der Waals surface area contributed by atoms with Gasteiger partial charge in [0.25, 0.3) is 0 Å². The summed E-state index contributed by atoms with van der Waals surface area (Å²) >= 11 is 0. The summed E-state index contributed by atoms with van der Waals surface area (Å²) in [6.45, 7) is 8.96. The Balaban J connectivity index is 0.000000328. The van der Waals surface area contributed by atoms with Gasteiger partial charge in [-0.1, -0.05) is 94.4 Å². The minimum atomic E-state index is 0.959. The van der Waals surface area contributed by atoms with Crippen molar-refractivity contribution in [2.24, 2.45) is 0 Å². The van der Waals surface area contributed by atoms with Crippen molar-refractivity contribution in [1.29, 1.82) is 0 Å². The number of hydrogen-bond donors (Lipinski definition) is 1. The predicted octanol–water partition coefficient (Wildman–Crippen LogP) is 5.71. The van der Waals surface area contributed by atoms with Crippen molar-refractivity contribution < 1.29 is 0 Å². The highest BCUT2D eigenvalue weighted by molar-refractivity contribution is 5.59. The fourth-order valence-electron chi connectivity index (χ4n) is 2.00. The van der Waals surface area contributed by atoms with Gasteiger partial charge in [-0.2, -0.15) is 0 Å². The van der Waals surface area contributed by atoms with Gasteiger partial charge in [0.05, 0.1) is 0 Å². The molecule has 3 rings (SSSR count). The number of fused-ring (bicyclic) bond motifs is 1. The summed E-state index contributed by atoms with van der Waals surface area (Å²) in [4.78, 5) is 0. The highest BCUT2D eigenvalue weighted by Crippen LogP contribution is 2.17. The largest absolute Gasteiger partial charge is 0.316 e. The van der Waals surface area contributed by atoms with Crippen molar-refractivity contribution in [1.82, 2.24) is 5.32 Å². The number of hydrogen-bond acceptors (Lipinski definition) is 1. The maximum atomic E-state index is 3.08. The standard InChI is InChI=1S/C9H8.C8H11N.2C2H6/c1-2-5-9-7-3-6-8(9)4-1;1-9-7-8-5-3-2-4-6-8;2*1-2/h1-6H,7H2;2-6,9H,7H2,1H3;2*1-2H3. The summed E-state index contributed by atoms with van der Waals surface area (Å²) in [6, 6.07) is 18.8. The predicted molar refractivity (Wildman–Crippen MR) is 101 cm³/mol. The van der Waals surface area contributed by atoms with Crippen LogP contribution in [0, 0.1) is 0 Å². The Kier molecular flexibility index (Phi) is 12.9. The maximum Gasteiger partial charge on any atom is 0.0202 e. The van der Waals surface area contributed by atoms with Crippen molar-refractivity contribution >= 4 is 6.08 Å². The molecule has 0 aliphatic heterocycles. The van der Waals surface area contributed by atoms with E-state index in [1.54, 1.807) is 0 Å². The van der Waals surface area contributed by atoms with Gasteiger partial charge in [0.2, 0.25) is 0 Å². The molecule has 1 nitrogen and oxygen atoms in total. The lowest BCUT2D eigenvalue weighted by Crippen LogP contribution is -2.04. The Bertz CT molecular complexity index is 500. The number of rotatable bonds is 2. The molecule has 0 saturated carbocycles. The summed E-state index contributed by atoms with van der Waals surface area (Å²) < 4.78 is 0. The topological polar surface area (TPSA) is 12.0 Å². The van der Waals surface area contributed by atoms with E-state index in [2.05, 4.69) is 53.9 Å². The van der Waals surface area contributed by atoms with Gasteiger partial charge >= 0.3 is 0 Å². The number of allylic oxidation sites excluding steroid dienone is 1. The van der Waals surface area contributed by atoms with E-state index in [0.29, 0.717) is 0 Å². The van der Waals surface area contributed by atoms with E-state index in [1.807, 2.05) is 52.9 Å². The smallest absolute Gasteiger partial charge is 0.0202 e. The molecular formula is C21H31N. The van der Waals surface area contributed by atoms with E-state index in [9.17, 15) is 0 Å². The van der Waals surface area contributed by atoms with Gasteiger partial charge in [-0.25, -0.2) is 0 Å². The molecule has 0 fully saturated rings. The van der Waals surface area contributed by atoms with Gasteiger partial charge in [-0.05, 0) is 30.2 Å². The van der Waals surface area contributed by atoms with Crippen molar-refractivity contribution in [3.8, 4) is 0 Å². The van der Waals surface area contributed by atoms with Crippen LogP contribution in [0.15, 0.2) is 60.7 Å². The minimum absolute atomic E-state index is 0.959. The van der Waals surface area contributed by atoms with Crippen molar-refractivity contribution in [3.05, 3.63) is 77.4 Å². The molecule has 22 heavy (non-hydrogen) atoms. The summed E-state index contributed by atoms with van der Waals surface area (Å²) in [6.07, 6.45) is 5.50. The van der Waals surface area contributed by atoms with Crippen LogP contribution in [0.25, 0.3) is 6.08 Å². The van der Waals surface area contributed by atoms with Crippen LogP contribution < -0.4 is 5.32 Å². The van der Waals surface area contributed by atoms with Gasteiger partial charge < -0.3 is 5.32 Å². The molecule has 0 bridgehead atoms. The average Bonchev–Trinajstić information content (AvgIpc) is 3.09. The second kappa shape index (κ2) is 14.1. The summed E-state index contributed by atoms with van der Waals surface area (Å²) in [5.41, 5.74) is 4.18. The van der Waals surface area contributed by atoms with Crippen molar-refractivity contribution in [2.75, 3.05) is 7.05 Å². The normalized spacial score (nSPS) is 10.0. The first-order valence-corrected chi connectivity index (χ1v) is 8.33. The third-order valence-electron chi connectivity index (χ3n) is 2.91. The average molecular weight is 297 g/mol. The van der Waals surface area contributed by atoms with Crippen LogP contribution in [0.3, 0.4) is 0 Å². The molecule has 0 amide bonds. The number of benzene rings is 2. The lowest BCUT2D eigenvalue weighted by atomic mass is 10.1. The van der Waals surface area contributed by atoms with E-state index in [-0.39, 0.29) is 0 Å². The first kappa shape index (κ1) is 20.1. The first-order valence-electron chi connectivity index (χ1n) is 8.33. The molecule has 1 aliphatic carbocycles. The van der Waals surface area contributed by atoms with Crippen LogP contribution in [0.2, 0.25) is 0 Å². The van der Waals surface area contributed by atoms with E-state index in [4.69, 9.17) is 0 Å². The lowest BCUT2D eigenvalue weighted by Gasteiger charge is -1.95. The molecule has 0 saturated heterocycles. The molecule has 0 radical (unpaired) electrons. The molecule has 2 aromatic rings. The van der Waals surface area contributed by atoms with E-state index < -0.39 is 0 Å². The lowest BCUT2D eigenvalue weighted by molar-refractivity contribution is 0.818. The Morgan fingerprint density at radius 3 is 2.00 bits per heavy atom. The van der Waals surface area contributed by atoms with Gasteiger partial charge in [0.15, 0.2) is 0 Å². The molecule has 0 heterocycles. The van der Waals surface area contributed by atoms with Gasteiger partial charge in [0, 0.05) is 6.54 Å². The van der Waals surface area contributed by atoms with E-state index in [0.717, 1.165) is 13.0 Å². The third-order valence-corrected chi connectivity index (χ3v) is 2.91. The first-order chi connectivity index (χ1) is 10.9. The molecule has 0 unspecified atom stereocenters. The van der Waals surface area contributed by atoms with Gasteiger partial charge in [-0.15, -0.1) is 0 Å². The van der Waals surface area contributed by atoms with Crippen LogP contribution in [0.4, 0.5) is 0 Å². The zero-order chi connectivity index (χ0) is 16.6. The zero-order valence-electron chi connectivity index (χ0n) is 14.8. The molecule has 0 atom stereocenters. The number of nitrogens with one attached hydrogen (secondary N) is 1. The van der Waals surface area contributed by atoms with Crippen molar-refractivity contribution in [2.45, 2.75) is 40.7 Å². The Hall–Kier alpha value is -1.86. The Morgan fingerprint density at radius 1 is 0.818 bits per heavy atom. The zero-order valence-corrected chi connectivity index (χ0v) is 14.8. The molecule has 1 heteroatoms. The monoisotopic (exact) mass is 297 g/mol. The quantitative estimate of drug-likeness (QED) is 0.748. The Labute approximate surface area is 137 Å². The van der Waals surface area contributed by atoms with Gasteiger partial charge in [0.1, 0.15) is 0 Å². The Morgan fingerprint density at radius 2 is 1.41 bits per heavy atom. The highest BCUT2D eigenvalue weighted by Gasteiger charge is 2.00. The SMILES string of the molecule is C1=Cc2ccccc2C1.CC.CC.CNCc1ccccc1. The molecule has 0 aromatic heterocycles. The van der Waals surface area contributed by atoms with Crippen LogP contribution in [0.1, 0.15) is 44.4 Å². The van der Waals surface area contributed by atoms with Crippen LogP contribution in [0.5, 0.6) is 0 Å². The molecule has 120 valence electrons.